The molecule has 0 saturated carbocycles. The molecule has 2 N–H and O–H groups in total. The van der Waals surface area contributed by atoms with Crippen molar-refractivity contribution in [3.05, 3.63) is 34.8 Å². The Morgan fingerprint density at radius 3 is 2.60 bits per heavy atom. The van der Waals surface area contributed by atoms with Gasteiger partial charge in [-0.3, -0.25) is 0 Å². The molecule has 50 valence electrons. The van der Waals surface area contributed by atoms with Gasteiger partial charge in [0.1, 0.15) is 17.6 Å². The molecular formula is C6H5BClO2+. The Hall–Kier alpha value is -0.595. The average Bonchev–Trinajstić information content (AvgIpc) is 1.88. The number of halogens is 1. The van der Waals surface area contributed by atoms with Gasteiger partial charge in [0, 0.05) is 12.2 Å². The minimum Gasteiger partial charge on any atom is -0.422 e. The van der Waals surface area contributed by atoms with E-state index in [-0.39, 0.29) is 0 Å². The summed E-state index contributed by atoms with van der Waals surface area (Å²) < 4.78 is 0. The Kier molecular flexibility index (Phi) is 2.25. The van der Waals surface area contributed by atoms with Gasteiger partial charge < -0.3 is 10.0 Å². The lowest BCUT2D eigenvalue weighted by atomic mass is 9.78. The van der Waals surface area contributed by atoms with Gasteiger partial charge in [0.05, 0.1) is 0 Å². The lowest BCUT2D eigenvalue weighted by molar-refractivity contribution is 0.420. The van der Waals surface area contributed by atoms with E-state index in [4.69, 9.17) is 21.6 Å². The zero-order chi connectivity index (χ0) is 7.56. The second-order valence-corrected chi connectivity index (χ2v) is 2.23. The maximum Gasteiger partial charge on any atom is 0.518 e. The van der Waals surface area contributed by atoms with Crippen LogP contribution in [0.25, 0.3) is 0 Å². The highest BCUT2D eigenvalue weighted by molar-refractivity contribution is 6.55. The fourth-order valence-electron chi connectivity index (χ4n) is 0.632. The van der Waals surface area contributed by atoms with Crippen molar-refractivity contribution in [2.24, 2.45) is 0 Å². The Morgan fingerprint density at radius 1 is 1.50 bits per heavy atom. The van der Waals surface area contributed by atoms with Gasteiger partial charge in [0.2, 0.25) is 0 Å². The van der Waals surface area contributed by atoms with Gasteiger partial charge in [-0.15, -0.1) is 0 Å². The van der Waals surface area contributed by atoms with E-state index in [0.29, 0.717) is 10.5 Å². The summed E-state index contributed by atoms with van der Waals surface area (Å²) in [5.41, 5.74) is 0.306. The van der Waals surface area contributed by atoms with Crippen molar-refractivity contribution in [3.63, 3.8) is 0 Å². The molecule has 0 aromatic heterocycles. The molecule has 0 aliphatic heterocycles. The highest BCUT2D eigenvalue weighted by atomic mass is 35.5. The minimum atomic E-state index is -1.50. The summed E-state index contributed by atoms with van der Waals surface area (Å²) in [6, 6.07) is 0. The molecule has 1 aliphatic carbocycles. The fourth-order valence-corrected chi connectivity index (χ4v) is 0.855. The molecule has 0 atom stereocenters. The van der Waals surface area contributed by atoms with Crippen LogP contribution >= 0.6 is 11.6 Å². The highest BCUT2D eigenvalue weighted by Crippen LogP contribution is 2.16. The molecule has 0 saturated heterocycles. The predicted octanol–water partition coefficient (Wildman–Crippen LogP) is 0.420. The van der Waals surface area contributed by atoms with Crippen molar-refractivity contribution < 1.29 is 10.0 Å². The molecule has 0 unspecified atom stereocenters. The summed E-state index contributed by atoms with van der Waals surface area (Å²) >= 11 is 5.57. The summed E-state index contributed by atoms with van der Waals surface area (Å²) in [5.74, 6) is 0. The third-order valence-corrected chi connectivity index (χ3v) is 1.45. The van der Waals surface area contributed by atoms with E-state index in [1.54, 1.807) is 6.08 Å². The second-order valence-electron chi connectivity index (χ2n) is 1.82. The van der Waals surface area contributed by atoms with E-state index in [1.165, 1.54) is 12.2 Å². The summed E-state index contributed by atoms with van der Waals surface area (Å²) in [4.78, 5) is 0. The van der Waals surface area contributed by atoms with Gasteiger partial charge >= 0.3 is 7.12 Å². The molecule has 0 radical (unpaired) electrons. The monoisotopic (exact) mass is 155 g/mol. The second kappa shape index (κ2) is 2.99. The van der Waals surface area contributed by atoms with Crippen LogP contribution in [0, 0.1) is 6.08 Å². The standard InChI is InChI=1S/C6H5BClO2/c8-6-4-2-1-3-5(6)7(9)10/h1,3-4,9-10H/q+1. The van der Waals surface area contributed by atoms with Crippen LogP contribution in [-0.2, 0) is 0 Å². The lowest BCUT2D eigenvalue weighted by Crippen LogP contribution is -2.15. The van der Waals surface area contributed by atoms with Gasteiger partial charge in [-0.25, -0.2) is 0 Å². The Labute approximate surface area is 64.3 Å². The minimum absolute atomic E-state index is 0.306. The zero-order valence-electron chi connectivity index (χ0n) is 5.08. The highest BCUT2D eigenvalue weighted by Gasteiger charge is 2.23. The van der Waals surface area contributed by atoms with Gasteiger partial charge in [-0.1, -0.05) is 0 Å². The number of hydrogen-bond acceptors (Lipinski definition) is 2. The average molecular weight is 155 g/mol. The van der Waals surface area contributed by atoms with E-state index in [9.17, 15) is 0 Å². The molecule has 0 bridgehead atoms. The van der Waals surface area contributed by atoms with Gasteiger partial charge in [0.25, 0.3) is 0 Å². The molecular weight excluding hydrogens is 150 g/mol. The summed E-state index contributed by atoms with van der Waals surface area (Å²) in [6.45, 7) is 0. The van der Waals surface area contributed by atoms with E-state index < -0.39 is 7.12 Å². The molecule has 2 nitrogen and oxygen atoms in total. The van der Waals surface area contributed by atoms with Crippen molar-refractivity contribution in [3.8, 4) is 0 Å². The summed E-state index contributed by atoms with van der Waals surface area (Å²) in [7, 11) is -1.50. The first-order chi connectivity index (χ1) is 4.72. The van der Waals surface area contributed by atoms with E-state index >= 15 is 0 Å². The third kappa shape index (κ3) is 1.46. The number of allylic oxidation sites excluding steroid dienone is 6. The van der Waals surface area contributed by atoms with Gasteiger partial charge in [0.15, 0.2) is 5.03 Å². The molecule has 1 aliphatic rings. The lowest BCUT2D eigenvalue weighted by Gasteiger charge is -1.94. The molecule has 1 rings (SSSR count). The maximum atomic E-state index is 8.66. The van der Waals surface area contributed by atoms with Crippen molar-refractivity contribution >= 4 is 18.7 Å². The largest absolute Gasteiger partial charge is 0.518 e. The molecule has 0 aromatic rings. The van der Waals surface area contributed by atoms with Crippen molar-refractivity contribution in [1.29, 1.82) is 0 Å². The van der Waals surface area contributed by atoms with Crippen LogP contribution in [-0.4, -0.2) is 17.2 Å². The quantitative estimate of drug-likeness (QED) is 0.426. The Morgan fingerprint density at radius 2 is 2.20 bits per heavy atom. The normalized spacial score (nSPS) is 15.5. The molecule has 0 fully saturated rings. The van der Waals surface area contributed by atoms with Crippen molar-refractivity contribution in [2.75, 3.05) is 0 Å². The van der Waals surface area contributed by atoms with Crippen LogP contribution in [0.3, 0.4) is 0 Å². The summed E-state index contributed by atoms with van der Waals surface area (Å²) in [6.07, 6.45) is 7.26. The molecule has 0 spiro atoms. The van der Waals surface area contributed by atoms with E-state index in [0.717, 1.165) is 0 Å². The first kappa shape index (κ1) is 7.51. The smallest absolute Gasteiger partial charge is 0.422 e. The maximum absolute atomic E-state index is 8.66. The topological polar surface area (TPSA) is 40.5 Å². The number of rotatable bonds is 1. The van der Waals surface area contributed by atoms with Crippen molar-refractivity contribution in [2.45, 2.75) is 0 Å². The van der Waals surface area contributed by atoms with E-state index in [1.807, 2.05) is 0 Å². The molecule has 0 aromatic carbocycles. The van der Waals surface area contributed by atoms with E-state index in [2.05, 4.69) is 6.08 Å². The van der Waals surface area contributed by atoms with Crippen LogP contribution in [0.15, 0.2) is 28.7 Å². The Balaban J connectivity index is 2.93. The summed E-state index contributed by atoms with van der Waals surface area (Å²) in [5, 5.41) is 17.6. The first-order valence-corrected chi connectivity index (χ1v) is 3.11. The third-order valence-electron chi connectivity index (χ3n) is 1.12. The molecule has 0 heterocycles. The first-order valence-electron chi connectivity index (χ1n) is 2.73. The van der Waals surface area contributed by atoms with Crippen LogP contribution < -0.4 is 0 Å². The van der Waals surface area contributed by atoms with Crippen molar-refractivity contribution in [1.82, 2.24) is 0 Å². The number of hydrogen-bond donors (Lipinski definition) is 2. The van der Waals surface area contributed by atoms with Crippen LogP contribution in [0.2, 0.25) is 0 Å². The Bertz CT molecular complexity index is 218. The van der Waals surface area contributed by atoms with Gasteiger partial charge in [-0.05, 0) is 11.6 Å². The van der Waals surface area contributed by atoms with Gasteiger partial charge in [-0.2, -0.15) is 0 Å². The zero-order valence-corrected chi connectivity index (χ0v) is 5.84. The van der Waals surface area contributed by atoms with Crippen LogP contribution in [0.1, 0.15) is 0 Å². The molecule has 4 heteroatoms. The predicted molar refractivity (Wildman–Crippen MR) is 40.0 cm³/mol. The van der Waals surface area contributed by atoms with Crippen LogP contribution in [0.5, 0.6) is 0 Å². The molecule has 0 amide bonds. The fraction of sp³-hybridized carbons (Fsp3) is 0. The molecule has 10 heavy (non-hydrogen) atoms. The SMILES string of the molecule is OB(O)C1=C(Cl)C=[C+]C=C1. The van der Waals surface area contributed by atoms with Crippen LogP contribution in [0.4, 0.5) is 0 Å².